The van der Waals surface area contributed by atoms with E-state index in [1.54, 1.807) is 0 Å². The number of halogens is 3. The van der Waals surface area contributed by atoms with Gasteiger partial charge in [0, 0.05) is 5.54 Å². The Morgan fingerprint density at radius 3 is 2.53 bits per heavy atom. The Bertz CT molecular complexity index is 242. The quantitative estimate of drug-likeness (QED) is 0.807. The van der Waals surface area contributed by atoms with E-state index in [4.69, 9.17) is 0 Å². The second-order valence-electron chi connectivity index (χ2n) is 5.51. The number of hydrogen-bond donors (Lipinski definition) is 2. The van der Waals surface area contributed by atoms with Gasteiger partial charge in [0.25, 0.3) is 0 Å². The van der Waals surface area contributed by atoms with Crippen molar-refractivity contribution in [2.75, 3.05) is 13.2 Å². The summed E-state index contributed by atoms with van der Waals surface area (Å²) >= 11 is 0. The normalized spacial score (nSPS) is 30.9. The average molecular weight is 253 g/mol. The molecule has 0 spiro atoms. The zero-order valence-electron chi connectivity index (χ0n) is 10.5. The molecule has 0 amide bonds. The number of nitrogens with one attached hydrogen (secondary N) is 1. The van der Waals surface area contributed by atoms with Gasteiger partial charge in [0.2, 0.25) is 0 Å². The van der Waals surface area contributed by atoms with Gasteiger partial charge in [-0.2, -0.15) is 13.2 Å². The molecule has 1 aliphatic carbocycles. The van der Waals surface area contributed by atoms with E-state index in [1.807, 2.05) is 0 Å². The van der Waals surface area contributed by atoms with Crippen molar-refractivity contribution in [3.05, 3.63) is 0 Å². The first-order chi connectivity index (χ1) is 7.78. The molecule has 17 heavy (non-hydrogen) atoms. The molecule has 0 aliphatic heterocycles. The highest BCUT2D eigenvalue weighted by Gasteiger charge is 2.39. The molecular formula is C12H22F3NO. The molecule has 0 bridgehead atoms. The molecule has 0 aromatic carbocycles. The Balaban J connectivity index is 2.61. The summed E-state index contributed by atoms with van der Waals surface area (Å²) in [6.07, 6.45) is -1.02. The van der Waals surface area contributed by atoms with Crippen LogP contribution in [-0.4, -0.2) is 30.0 Å². The van der Waals surface area contributed by atoms with Crippen LogP contribution in [-0.2, 0) is 0 Å². The standard InChI is InChI=1S/C12H22F3NO/c1-9(2)10-4-3-5-11(6-10,8-17)16-7-12(13,14)15/h9-10,16-17H,3-8H2,1-2H3. The third-order valence-electron chi connectivity index (χ3n) is 3.79. The van der Waals surface area contributed by atoms with Gasteiger partial charge in [0.15, 0.2) is 0 Å². The lowest BCUT2D eigenvalue weighted by Gasteiger charge is -2.42. The minimum atomic E-state index is -4.22. The Kier molecular flexibility index (Phi) is 4.84. The summed E-state index contributed by atoms with van der Waals surface area (Å²) in [5.41, 5.74) is -0.733. The van der Waals surface area contributed by atoms with Crippen LogP contribution in [0.1, 0.15) is 39.5 Å². The van der Waals surface area contributed by atoms with Crippen LogP contribution in [0.25, 0.3) is 0 Å². The summed E-state index contributed by atoms with van der Waals surface area (Å²) in [4.78, 5) is 0. The van der Waals surface area contributed by atoms with E-state index in [-0.39, 0.29) is 6.61 Å². The van der Waals surface area contributed by atoms with E-state index in [1.165, 1.54) is 0 Å². The molecule has 2 unspecified atom stereocenters. The number of aliphatic hydroxyl groups excluding tert-OH is 1. The lowest BCUT2D eigenvalue weighted by Crippen LogP contribution is -2.54. The zero-order valence-corrected chi connectivity index (χ0v) is 10.5. The molecule has 5 heteroatoms. The van der Waals surface area contributed by atoms with Crippen LogP contribution in [0.4, 0.5) is 13.2 Å². The Morgan fingerprint density at radius 2 is 2.06 bits per heavy atom. The van der Waals surface area contributed by atoms with E-state index >= 15 is 0 Å². The second kappa shape index (κ2) is 5.57. The first-order valence-corrected chi connectivity index (χ1v) is 6.21. The third kappa shape index (κ3) is 4.47. The van der Waals surface area contributed by atoms with Crippen molar-refractivity contribution in [2.24, 2.45) is 11.8 Å². The molecule has 0 aromatic rings. The molecule has 2 nitrogen and oxygen atoms in total. The van der Waals surface area contributed by atoms with Gasteiger partial charge >= 0.3 is 6.18 Å². The second-order valence-corrected chi connectivity index (χ2v) is 5.51. The lowest BCUT2D eigenvalue weighted by molar-refractivity contribution is -0.131. The first kappa shape index (κ1) is 14.8. The van der Waals surface area contributed by atoms with Crippen molar-refractivity contribution < 1.29 is 18.3 Å². The van der Waals surface area contributed by atoms with Crippen molar-refractivity contribution >= 4 is 0 Å². The highest BCUT2D eigenvalue weighted by molar-refractivity contribution is 4.94. The maximum absolute atomic E-state index is 12.2. The number of aliphatic hydroxyl groups is 1. The molecule has 1 saturated carbocycles. The van der Waals surface area contributed by atoms with Crippen LogP contribution in [0.5, 0.6) is 0 Å². The molecule has 1 aliphatic rings. The van der Waals surface area contributed by atoms with Crippen LogP contribution in [0.15, 0.2) is 0 Å². The Morgan fingerprint density at radius 1 is 1.41 bits per heavy atom. The molecule has 0 aromatic heterocycles. The summed E-state index contributed by atoms with van der Waals surface area (Å²) < 4.78 is 36.7. The predicted molar refractivity (Wildman–Crippen MR) is 60.7 cm³/mol. The number of rotatable bonds is 4. The van der Waals surface area contributed by atoms with Crippen LogP contribution in [0.2, 0.25) is 0 Å². The van der Waals surface area contributed by atoms with E-state index in [2.05, 4.69) is 19.2 Å². The molecule has 1 rings (SSSR count). The van der Waals surface area contributed by atoms with Gasteiger partial charge in [0.1, 0.15) is 0 Å². The smallest absolute Gasteiger partial charge is 0.394 e. The zero-order chi connectivity index (χ0) is 13.1. The van der Waals surface area contributed by atoms with Crippen molar-refractivity contribution in [1.82, 2.24) is 5.32 Å². The van der Waals surface area contributed by atoms with E-state index in [9.17, 15) is 18.3 Å². The molecule has 0 heterocycles. The van der Waals surface area contributed by atoms with Crippen LogP contribution < -0.4 is 5.32 Å². The number of hydrogen-bond acceptors (Lipinski definition) is 2. The molecular weight excluding hydrogens is 231 g/mol. The Labute approximate surface area is 101 Å². The summed E-state index contributed by atoms with van der Waals surface area (Å²) in [5.74, 6) is 0.852. The predicted octanol–water partition coefficient (Wildman–Crippen LogP) is 2.72. The Hall–Kier alpha value is -0.290. The monoisotopic (exact) mass is 253 g/mol. The van der Waals surface area contributed by atoms with Crippen LogP contribution in [0.3, 0.4) is 0 Å². The van der Waals surface area contributed by atoms with E-state index in [0.29, 0.717) is 24.7 Å². The summed E-state index contributed by atoms with van der Waals surface area (Å²) in [7, 11) is 0. The highest BCUT2D eigenvalue weighted by Crippen LogP contribution is 2.36. The topological polar surface area (TPSA) is 32.3 Å². The average Bonchev–Trinajstić information content (AvgIpc) is 2.26. The minimum Gasteiger partial charge on any atom is -0.394 e. The maximum Gasteiger partial charge on any atom is 0.401 e. The van der Waals surface area contributed by atoms with Crippen molar-refractivity contribution in [2.45, 2.75) is 51.2 Å². The van der Waals surface area contributed by atoms with Gasteiger partial charge in [0.05, 0.1) is 13.2 Å². The largest absolute Gasteiger partial charge is 0.401 e. The summed E-state index contributed by atoms with van der Waals surface area (Å²) in [6, 6.07) is 0. The summed E-state index contributed by atoms with van der Waals surface area (Å²) in [5, 5.41) is 11.9. The molecule has 2 atom stereocenters. The molecule has 0 saturated heterocycles. The van der Waals surface area contributed by atoms with Crippen molar-refractivity contribution in [1.29, 1.82) is 0 Å². The van der Waals surface area contributed by atoms with Crippen molar-refractivity contribution in [3.8, 4) is 0 Å². The van der Waals surface area contributed by atoms with Crippen LogP contribution in [0, 0.1) is 11.8 Å². The SMILES string of the molecule is CC(C)C1CCCC(CO)(NCC(F)(F)F)C1. The lowest BCUT2D eigenvalue weighted by atomic mass is 9.72. The minimum absolute atomic E-state index is 0.216. The van der Waals surface area contributed by atoms with Gasteiger partial charge < -0.3 is 10.4 Å². The number of alkyl halides is 3. The maximum atomic E-state index is 12.2. The van der Waals surface area contributed by atoms with Crippen molar-refractivity contribution in [3.63, 3.8) is 0 Å². The van der Waals surface area contributed by atoms with E-state index < -0.39 is 18.3 Å². The van der Waals surface area contributed by atoms with Crippen LogP contribution >= 0.6 is 0 Å². The van der Waals surface area contributed by atoms with Gasteiger partial charge in [-0.15, -0.1) is 0 Å². The summed E-state index contributed by atoms with van der Waals surface area (Å²) in [6.45, 7) is 2.94. The molecule has 1 fully saturated rings. The fourth-order valence-electron chi connectivity index (χ4n) is 2.63. The molecule has 2 N–H and O–H groups in total. The first-order valence-electron chi connectivity index (χ1n) is 6.21. The van der Waals surface area contributed by atoms with E-state index in [0.717, 1.165) is 12.8 Å². The molecule has 102 valence electrons. The highest BCUT2D eigenvalue weighted by atomic mass is 19.4. The van der Waals surface area contributed by atoms with Gasteiger partial charge in [-0.1, -0.05) is 26.7 Å². The fourth-order valence-corrected chi connectivity index (χ4v) is 2.63. The van der Waals surface area contributed by atoms with Gasteiger partial charge in [-0.05, 0) is 24.7 Å². The fraction of sp³-hybridized carbons (Fsp3) is 1.00. The van der Waals surface area contributed by atoms with Gasteiger partial charge in [-0.3, -0.25) is 0 Å². The van der Waals surface area contributed by atoms with Gasteiger partial charge in [-0.25, -0.2) is 0 Å². The third-order valence-corrected chi connectivity index (χ3v) is 3.79. The molecule has 0 radical (unpaired) electrons.